The summed E-state index contributed by atoms with van der Waals surface area (Å²) >= 11 is 41.7. The summed E-state index contributed by atoms with van der Waals surface area (Å²) in [5.74, 6) is -2.24. The molecule has 0 aromatic heterocycles. The van der Waals surface area contributed by atoms with Gasteiger partial charge in [0.05, 0.1) is 29.3 Å². The predicted octanol–water partition coefficient (Wildman–Crippen LogP) is 25.0. The normalized spacial score (nSPS) is 13.4. The van der Waals surface area contributed by atoms with Gasteiger partial charge in [0, 0.05) is 72.5 Å². The fourth-order valence-electron chi connectivity index (χ4n) is 16.2. The van der Waals surface area contributed by atoms with Gasteiger partial charge in [-0.3, -0.25) is 9.59 Å². The van der Waals surface area contributed by atoms with Gasteiger partial charge in [-0.25, -0.2) is 49.3 Å². The van der Waals surface area contributed by atoms with Crippen LogP contribution in [0.25, 0.3) is 12.2 Å². The summed E-state index contributed by atoms with van der Waals surface area (Å²) in [6, 6.07) is 117. The molecule has 1 aliphatic heterocycles. The number of hydrogen-bond acceptors (Lipinski definition) is 10. The van der Waals surface area contributed by atoms with Crippen molar-refractivity contribution in [3.63, 3.8) is 0 Å². The molecule has 4 unspecified atom stereocenters. The van der Waals surface area contributed by atoms with Gasteiger partial charge in [0.15, 0.2) is 12.1 Å². The van der Waals surface area contributed by atoms with Crippen molar-refractivity contribution in [2.75, 3.05) is 25.1 Å². The molecule has 28 heteroatoms. The molecular weight excluding hydrogens is 2160 g/mol. The minimum Gasteiger partial charge on any atom is -0.857 e. The summed E-state index contributed by atoms with van der Waals surface area (Å²) in [6.07, 6.45) is 10.2. The van der Waals surface area contributed by atoms with Crippen LogP contribution in [-0.2, 0) is 62.0 Å². The Kier molecular flexibility index (Phi) is 53.0. The van der Waals surface area contributed by atoms with Gasteiger partial charge >= 0.3 is 64.9 Å². The van der Waals surface area contributed by atoms with Crippen molar-refractivity contribution in [2.24, 2.45) is 5.73 Å². The first-order valence-corrected chi connectivity index (χ1v) is 56.3. The predicted molar refractivity (Wildman–Crippen MR) is 599 cm³/mol. The second-order valence-corrected chi connectivity index (χ2v) is 43.2. The number of aldehydes is 1. The van der Waals surface area contributed by atoms with Crippen LogP contribution >= 0.6 is 142 Å². The Bertz CT molecular complexity index is 6580. The second-order valence-electron chi connectivity index (χ2n) is 31.7. The van der Waals surface area contributed by atoms with Gasteiger partial charge in [0.25, 0.3) is 0 Å². The number of hydrogen-bond donors (Lipinski definition) is 6. The number of alkyl carbamates (subject to hydrolysis) is 1. The molecule has 143 heavy (non-hydrogen) atoms. The molecule has 1 heterocycles. The molecule has 15 aromatic rings. The van der Waals surface area contributed by atoms with Crippen molar-refractivity contribution in [3.8, 4) is 0 Å². The number of ether oxygens (including phenoxy) is 1. The average molecular weight is 2270 g/mol. The minimum absolute atomic E-state index is 0. The fourth-order valence-corrected chi connectivity index (χ4v) is 19.9. The maximum Gasteiger partial charge on any atom is 1.00 e. The Morgan fingerprint density at radius 3 is 1.33 bits per heavy atom. The molecule has 7 N–H and O–H groups in total. The molecule has 1 amide bonds. The van der Waals surface area contributed by atoms with Crippen molar-refractivity contribution >= 4 is 217 Å². The van der Waals surface area contributed by atoms with E-state index in [-0.39, 0.29) is 84.0 Å². The molecule has 1 saturated heterocycles. The third kappa shape index (κ3) is 37.5. The topological polar surface area (TPSA) is 254 Å². The number of aromatic carboxylic acids is 3. The number of carbonyl (C=O) groups is 6. The van der Waals surface area contributed by atoms with Crippen LogP contribution in [0.3, 0.4) is 0 Å². The van der Waals surface area contributed by atoms with Gasteiger partial charge in [-0.15, -0.1) is 11.6 Å². The van der Waals surface area contributed by atoms with Gasteiger partial charge in [0.2, 0.25) is 0 Å². The van der Waals surface area contributed by atoms with Crippen LogP contribution in [0, 0.1) is 0 Å². The second kappa shape index (κ2) is 63.8. The third-order valence-electron chi connectivity index (χ3n) is 22.6. The number of nitrogens with two attached hydrogens (primary N) is 1. The number of aliphatic hydroxyl groups is 1. The van der Waals surface area contributed by atoms with E-state index in [1.54, 1.807) is 60.7 Å². The molecule has 3 aliphatic carbocycles. The number of fused-ring (bicyclic) bond motifs is 6. The minimum atomic E-state index is -1.72. The van der Waals surface area contributed by atoms with Crippen LogP contribution in [-0.4, -0.2) is 105 Å². The van der Waals surface area contributed by atoms with E-state index in [0.717, 1.165) is 117 Å². The van der Waals surface area contributed by atoms with E-state index in [1.807, 2.05) is 175 Å². The number of rotatable bonds is 16. The Hall–Kier alpha value is -9.47. The first-order valence-electron chi connectivity index (χ1n) is 44.8. The summed E-state index contributed by atoms with van der Waals surface area (Å²) in [4.78, 5) is 68.7. The number of aryl methyl sites for hydroxylation is 8. The molecule has 4 aliphatic rings. The first kappa shape index (κ1) is 119. The smallest absolute Gasteiger partial charge is 0.857 e. The van der Waals surface area contributed by atoms with E-state index >= 15 is 0 Å². The average Bonchev–Trinajstić information content (AvgIpc) is 1.63. The molecule has 19 rings (SSSR count). The van der Waals surface area contributed by atoms with E-state index in [0.29, 0.717) is 51.3 Å². The SMILES string of the molecule is CI.C[O-].ClCc1cccc(Cl)c1.NCC(O)C1c2ccccc2CCc2cc(Cl)ccc21.O=C(O)c1ccccc1/C=C/c1cccc(Cl)c1.O=C(O)c1ccccc1CCc1cccc(Cl)c1.O=C1NCC(C2c3ccccc3CCc3cc(Cl)ccc32)O1.O=C1c2ccccc2CCc2cc(Cl)ccc21.O=Cc1ccccc1C(=O)O.[Cl][Al]([Cl])[Cl].[HH].[Na+].c1ccc(P(c2ccccc2)c2ccccc2)cc1. The number of carboxylic acid groups (broad SMARTS) is 3. The van der Waals surface area contributed by atoms with E-state index in [4.69, 9.17) is 142 Å². The van der Waals surface area contributed by atoms with Gasteiger partial charge in [-0.2, -0.15) is 7.11 Å². The van der Waals surface area contributed by atoms with Crippen molar-refractivity contribution in [1.82, 2.24) is 5.32 Å². The number of ketones is 1. The number of halogens is 11. The Morgan fingerprint density at radius 1 is 0.441 bits per heavy atom. The van der Waals surface area contributed by atoms with Crippen molar-refractivity contribution in [2.45, 2.75) is 81.3 Å². The van der Waals surface area contributed by atoms with E-state index in [2.05, 4.69) is 161 Å². The summed E-state index contributed by atoms with van der Waals surface area (Å²) in [6.45, 7) is 0.793. The third-order valence-corrected chi connectivity index (χ3v) is 26.8. The van der Waals surface area contributed by atoms with Crippen molar-refractivity contribution in [3.05, 3.63) is 511 Å². The van der Waals surface area contributed by atoms with Gasteiger partial charge in [-0.05, 0) is 261 Å². The van der Waals surface area contributed by atoms with E-state index in [9.17, 15) is 33.9 Å². The summed E-state index contributed by atoms with van der Waals surface area (Å²) < 4.78 is 5.52. The molecule has 15 aromatic carbocycles. The molecule has 14 nitrogen and oxygen atoms in total. The van der Waals surface area contributed by atoms with Gasteiger partial charge in [-0.1, -0.05) is 371 Å². The number of aliphatic hydroxyl groups excluding tert-OH is 1. The van der Waals surface area contributed by atoms with Gasteiger partial charge in [0.1, 0.15) is 6.10 Å². The number of benzene rings is 15. The van der Waals surface area contributed by atoms with Crippen molar-refractivity contribution in [1.29, 1.82) is 0 Å². The molecule has 0 spiro atoms. The van der Waals surface area contributed by atoms with Crippen molar-refractivity contribution < 1.29 is 90.0 Å². The zero-order valence-electron chi connectivity index (χ0n) is 78.3. The Balaban J connectivity index is 0.000000222. The molecule has 1 fully saturated rings. The molecule has 732 valence electrons. The number of nitrogens with one attached hydrogen (secondary N) is 1. The Morgan fingerprint density at radius 2 is 0.825 bits per heavy atom. The van der Waals surface area contributed by atoms with Gasteiger partial charge < -0.3 is 41.3 Å². The van der Waals surface area contributed by atoms with E-state index in [1.165, 1.54) is 67.0 Å². The largest absolute Gasteiger partial charge is 1.00 e. The molecule has 4 atom stereocenters. The quantitative estimate of drug-likeness (QED) is 0.0132. The molecule has 0 bridgehead atoms. The summed E-state index contributed by atoms with van der Waals surface area (Å²) in [5, 5.41) is 56.6. The maximum atomic E-state index is 12.4. The Labute approximate surface area is 926 Å². The molecule has 0 radical (unpaired) electrons. The summed E-state index contributed by atoms with van der Waals surface area (Å²) in [5.41, 5.74) is 25.0. The number of amides is 1. The number of carboxylic acids is 3. The monoisotopic (exact) mass is 2260 g/mol. The molecule has 0 saturated carbocycles. The van der Waals surface area contributed by atoms with Crippen LogP contribution in [0.1, 0.15) is 154 Å². The fraction of sp³-hybridized carbons (Fsp3) is 0.148. The van der Waals surface area contributed by atoms with Crippen LogP contribution in [0.4, 0.5) is 4.79 Å². The first-order chi connectivity index (χ1) is 68.8. The van der Waals surface area contributed by atoms with E-state index < -0.39 is 43.3 Å². The van der Waals surface area contributed by atoms with Crippen LogP contribution < -0.4 is 61.6 Å². The maximum absolute atomic E-state index is 12.4. The molecular formula is C115H104AlCl10IN2NaO12P. The van der Waals surface area contributed by atoms with Crippen LogP contribution in [0.15, 0.2) is 364 Å². The number of alkyl halides is 2. The standard InChI is InChI=1S/C18H16ClNO2.C18H15P.C17H18ClNO.C15H13ClO2.C15H11ClO2.C15H11ClO.C8H6O3.C7H6Cl2.CH3I.CH3O.Al.3ClH.Na.H2/c19-13-7-8-15-12(9-13)6-5-11-3-1-2-4-14(11)17(15)16-10-20-18(21)22-16;1-4-10-16(11-5-1)19(17-12-6-2-7-13-17)18-14-8-3-9-15-18;18-13-7-8-15-12(9-13)6-5-11-3-1-2-4-14(11)17(15)16(20)10-19;2*16-13-6-3-4-11(10-13)8-9-12-5-1-2-7-14(12)15(17)18;16-12-7-8-14-11(9-12)6-5-10-3-1-2-4-13(10)15(14)17;9-5-6-3-1-2-4-7(6)8(10)11;8-5-6-2-1-3-7(9)4-6;2*1-2;;;;;;/h1-4,7-9,16-17H,5-6,10H2,(H,20,21);1-15H;1-4,7-9,16-17,20H,5-6,10,19H2;1-7,10H,8-9H2,(H,17,18);1-10H,(H,17,18);1-4,7-9H,5-6H2;1-5H,(H,10,11);1-4H,5H2;2*1H3;;3*1H;;1H/q;;;;;;;;;-1;+3;;;;+1;/p-3/b;;;;9-8+;;;;;;;;;;;. The zero-order valence-corrected chi connectivity index (χ0v) is 92.0. The summed E-state index contributed by atoms with van der Waals surface area (Å²) in [7, 11) is 15.1. The van der Waals surface area contributed by atoms with Crippen LogP contribution in [0.2, 0.25) is 30.1 Å². The number of carbonyl (C=O) groups excluding carboxylic acids is 3. The van der Waals surface area contributed by atoms with Crippen LogP contribution in [0.5, 0.6) is 0 Å². The zero-order chi connectivity index (χ0) is 102. The number of cyclic esters (lactones) is 1.